The summed E-state index contributed by atoms with van der Waals surface area (Å²) in [6.45, 7) is 6.00. The van der Waals surface area contributed by atoms with E-state index in [1.54, 1.807) is 0 Å². The molecule has 2 heterocycles. The van der Waals surface area contributed by atoms with Crippen LogP contribution >= 0.6 is 11.8 Å². The van der Waals surface area contributed by atoms with Gasteiger partial charge in [-0.2, -0.15) is 10.4 Å². The highest BCUT2D eigenvalue weighted by atomic mass is 32.2. The summed E-state index contributed by atoms with van der Waals surface area (Å²) in [7, 11) is 0. The molecule has 2 aromatic heterocycles. The van der Waals surface area contributed by atoms with Gasteiger partial charge in [0, 0.05) is 5.56 Å². The minimum Gasteiger partial charge on any atom is -0.411 e. The third kappa shape index (κ3) is 3.39. The summed E-state index contributed by atoms with van der Waals surface area (Å²) in [4.78, 5) is 0. The van der Waals surface area contributed by atoms with Crippen molar-refractivity contribution >= 4 is 11.8 Å². The largest absolute Gasteiger partial charge is 0.411 e. The number of aryl methyl sites for hydroxylation is 2. The van der Waals surface area contributed by atoms with Crippen molar-refractivity contribution in [1.82, 2.24) is 20.4 Å². The van der Waals surface area contributed by atoms with Crippen molar-refractivity contribution in [3.63, 3.8) is 0 Å². The third-order valence-corrected chi connectivity index (χ3v) is 4.71. The average molecular weight is 351 g/mol. The van der Waals surface area contributed by atoms with Crippen molar-refractivity contribution in [1.29, 1.82) is 5.26 Å². The number of aromatic nitrogens is 4. The van der Waals surface area contributed by atoms with Gasteiger partial charge >= 0.3 is 0 Å². The Labute approximate surface area is 150 Å². The molecule has 0 atom stereocenters. The maximum Gasteiger partial charge on any atom is 0.283 e. The van der Waals surface area contributed by atoms with Gasteiger partial charge < -0.3 is 4.42 Å². The van der Waals surface area contributed by atoms with Crippen molar-refractivity contribution < 1.29 is 4.42 Å². The van der Waals surface area contributed by atoms with Crippen molar-refractivity contribution in [2.75, 3.05) is 0 Å². The number of nitriles is 1. The zero-order valence-electron chi connectivity index (χ0n) is 14.3. The van der Waals surface area contributed by atoms with Gasteiger partial charge in [0.05, 0.1) is 11.3 Å². The van der Waals surface area contributed by atoms with Gasteiger partial charge in [0.1, 0.15) is 11.1 Å². The predicted molar refractivity (Wildman–Crippen MR) is 94.1 cm³/mol. The van der Waals surface area contributed by atoms with E-state index in [1.807, 2.05) is 45.0 Å². The van der Waals surface area contributed by atoms with Crippen LogP contribution in [0.15, 0.2) is 38.9 Å². The summed E-state index contributed by atoms with van der Waals surface area (Å²) >= 11 is 1.17. The minimum absolute atomic E-state index is 0.343. The molecule has 126 valence electrons. The van der Waals surface area contributed by atoms with E-state index in [0.717, 1.165) is 35.2 Å². The van der Waals surface area contributed by atoms with Crippen LogP contribution in [0.4, 0.5) is 0 Å². The highest BCUT2D eigenvalue weighted by Gasteiger charge is 2.18. The molecule has 0 radical (unpaired) electrons. The molecule has 0 fully saturated rings. The molecule has 0 saturated heterocycles. The minimum atomic E-state index is 0.343. The van der Waals surface area contributed by atoms with E-state index < -0.39 is 0 Å². The van der Waals surface area contributed by atoms with Crippen molar-refractivity contribution in [3.05, 3.63) is 46.6 Å². The Kier molecular flexibility index (Phi) is 5.10. The van der Waals surface area contributed by atoms with Crippen LogP contribution in [0.3, 0.4) is 0 Å². The van der Waals surface area contributed by atoms with Crippen molar-refractivity contribution in [3.8, 4) is 17.5 Å². The van der Waals surface area contributed by atoms with Crippen LogP contribution in [-0.2, 0) is 12.8 Å². The lowest BCUT2D eigenvalue weighted by atomic mass is 10.1. The monoisotopic (exact) mass is 351 g/mol. The molecule has 25 heavy (non-hydrogen) atoms. The lowest BCUT2D eigenvalue weighted by Crippen LogP contribution is -2.04. The maximum absolute atomic E-state index is 9.55. The zero-order chi connectivity index (χ0) is 17.8. The highest BCUT2D eigenvalue weighted by Crippen LogP contribution is 2.32. The lowest BCUT2D eigenvalue weighted by Gasteiger charge is -2.08. The summed E-state index contributed by atoms with van der Waals surface area (Å²) in [5.74, 6) is 0.452. The van der Waals surface area contributed by atoms with Crippen LogP contribution in [-0.4, -0.2) is 20.4 Å². The zero-order valence-corrected chi connectivity index (χ0v) is 15.1. The van der Waals surface area contributed by atoms with E-state index in [0.29, 0.717) is 21.7 Å². The Morgan fingerprint density at radius 2 is 1.88 bits per heavy atom. The molecule has 0 bridgehead atoms. The van der Waals surface area contributed by atoms with Crippen LogP contribution in [0.1, 0.15) is 36.2 Å². The molecule has 0 aliphatic rings. The standard InChI is InChI=1S/C18H17N5OS/c1-4-12-14(10-19)17(22-20-15(12)5-2)25-18-23-21-16(24-18)13-9-7-6-8-11(13)3/h6-9H,4-5H2,1-3H3. The number of nitrogens with zero attached hydrogens (tertiary/aromatic N) is 5. The fourth-order valence-electron chi connectivity index (χ4n) is 2.60. The van der Waals surface area contributed by atoms with Gasteiger partial charge in [0.15, 0.2) is 0 Å². The van der Waals surface area contributed by atoms with E-state index in [2.05, 4.69) is 26.5 Å². The molecule has 0 spiro atoms. The molecule has 0 amide bonds. The normalized spacial score (nSPS) is 10.6. The van der Waals surface area contributed by atoms with E-state index in [1.165, 1.54) is 11.8 Å². The van der Waals surface area contributed by atoms with E-state index in [4.69, 9.17) is 4.42 Å². The maximum atomic E-state index is 9.55. The summed E-state index contributed by atoms with van der Waals surface area (Å²) < 4.78 is 5.75. The summed E-state index contributed by atoms with van der Waals surface area (Å²) in [5, 5.41) is 27.0. The molecular weight excluding hydrogens is 334 g/mol. The summed E-state index contributed by atoms with van der Waals surface area (Å²) in [6.07, 6.45) is 1.47. The molecule has 1 aromatic carbocycles. The van der Waals surface area contributed by atoms with Gasteiger partial charge in [-0.25, -0.2) is 0 Å². The van der Waals surface area contributed by atoms with Gasteiger partial charge in [0.2, 0.25) is 5.89 Å². The third-order valence-electron chi connectivity index (χ3n) is 3.89. The second kappa shape index (κ2) is 7.45. The molecule has 7 heteroatoms. The Morgan fingerprint density at radius 3 is 2.56 bits per heavy atom. The molecular formula is C18H17N5OS. The molecule has 0 unspecified atom stereocenters. The molecule has 6 nitrogen and oxygen atoms in total. The number of hydrogen-bond donors (Lipinski definition) is 0. The van der Waals surface area contributed by atoms with Crippen LogP contribution in [0.2, 0.25) is 0 Å². The van der Waals surface area contributed by atoms with Crippen molar-refractivity contribution in [2.24, 2.45) is 0 Å². The summed E-state index contributed by atoms with van der Waals surface area (Å²) in [5.41, 5.74) is 4.27. The Balaban J connectivity index is 1.94. The smallest absolute Gasteiger partial charge is 0.283 e. The first-order valence-corrected chi connectivity index (χ1v) is 8.85. The SMILES string of the molecule is CCc1nnc(Sc2nnc(-c3ccccc3C)o2)c(C#N)c1CC. The topological polar surface area (TPSA) is 88.5 Å². The fourth-order valence-corrected chi connectivity index (χ4v) is 3.32. The average Bonchev–Trinajstić information content (AvgIpc) is 3.09. The van der Waals surface area contributed by atoms with E-state index in [9.17, 15) is 5.26 Å². The van der Waals surface area contributed by atoms with E-state index in [-0.39, 0.29) is 0 Å². The van der Waals surface area contributed by atoms with Crippen LogP contribution in [0.5, 0.6) is 0 Å². The van der Waals surface area contributed by atoms with Gasteiger partial charge in [-0.15, -0.1) is 15.3 Å². The molecule has 0 N–H and O–H groups in total. The molecule has 0 aliphatic carbocycles. The second-order valence-corrected chi connectivity index (χ2v) is 6.35. The van der Waals surface area contributed by atoms with Crippen LogP contribution in [0.25, 0.3) is 11.5 Å². The van der Waals surface area contributed by atoms with Crippen molar-refractivity contribution in [2.45, 2.75) is 43.9 Å². The molecule has 0 aliphatic heterocycles. The summed E-state index contributed by atoms with van der Waals surface area (Å²) in [6, 6.07) is 10.1. The second-order valence-electron chi connectivity index (χ2n) is 5.41. The van der Waals surface area contributed by atoms with Crippen LogP contribution in [0, 0.1) is 18.3 Å². The van der Waals surface area contributed by atoms with Gasteiger partial charge in [-0.05, 0) is 48.7 Å². The molecule has 3 rings (SSSR count). The predicted octanol–water partition coefficient (Wildman–Crippen LogP) is 3.98. The number of benzene rings is 1. The van der Waals surface area contributed by atoms with Gasteiger partial charge in [-0.3, -0.25) is 0 Å². The number of hydrogen-bond acceptors (Lipinski definition) is 7. The highest BCUT2D eigenvalue weighted by molar-refractivity contribution is 7.99. The lowest BCUT2D eigenvalue weighted by molar-refractivity contribution is 0.465. The molecule has 3 aromatic rings. The van der Waals surface area contributed by atoms with Crippen LogP contribution < -0.4 is 0 Å². The first-order chi connectivity index (χ1) is 12.2. The molecule has 0 saturated carbocycles. The Hall–Kier alpha value is -2.72. The Morgan fingerprint density at radius 1 is 1.08 bits per heavy atom. The first-order valence-electron chi connectivity index (χ1n) is 8.03. The van der Waals surface area contributed by atoms with Gasteiger partial charge in [0.25, 0.3) is 5.22 Å². The quantitative estimate of drug-likeness (QED) is 0.687. The van der Waals surface area contributed by atoms with E-state index >= 15 is 0 Å². The fraction of sp³-hybridized carbons (Fsp3) is 0.278. The Bertz CT molecular complexity index is 945. The number of rotatable bonds is 5. The van der Waals surface area contributed by atoms with Gasteiger partial charge in [-0.1, -0.05) is 32.0 Å². The first kappa shape index (κ1) is 17.1.